The Morgan fingerprint density at radius 2 is 1.80 bits per heavy atom. The van der Waals surface area contributed by atoms with E-state index in [1.165, 1.54) is 5.57 Å². The van der Waals surface area contributed by atoms with Gasteiger partial charge < -0.3 is 15.4 Å². The Kier molecular flexibility index (Phi) is 7.66. The van der Waals surface area contributed by atoms with Gasteiger partial charge >= 0.3 is 0 Å². The molecule has 0 bridgehead atoms. The lowest BCUT2D eigenvalue weighted by atomic mass is 9.90. The summed E-state index contributed by atoms with van der Waals surface area (Å²) in [5, 5.41) is 6.00. The predicted molar refractivity (Wildman–Crippen MR) is 144 cm³/mol. The van der Waals surface area contributed by atoms with E-state index in [2.05, 4.69) is 48.5 Å². The van der Waals surface area contributed by atoms with Gasteiger partial charge in [0.2, 0.25) is 0 Å². The Morgan fingerprint density at radius 1 is 1.03 bits per heavy atom. The molecule has 180 valence electrons. The van der Waals surface area contributed by atoms with Gasteiger partial charge in [-0.2, -0.15) is 0 Å². The largest absolute Gasteiger partial charge is 0.457 e. The number of carbonyl (C=O) groups excluding carboxylic acids is 1. The number of benzene rings is 2. The maximum Gasteiger partial charge on any atom is 0.255 e. The van der Waals surface area contributed by atoms with Crippen molar-refractivity contribution in [3.8, 4) is 11.5 Å². The van der Waals surface area contributed by atoms with Crippen LogP contribution in [0.4, 0.5) is 11.4 Å². The minimum Gasteiger partial charge on any atom is -0.457 e. The molecule has 0 fully saturated rings. The van der Waals surface area contributed by atoms with Crippen LogP contribution in [0.2, 0.25) is 0 Å². The topological polar surface area (TPSA) is 63.2 Å². The van der Waals surface area contributed by atoms with E-state index >= 15 is 0 Å². The van der Waals surface area contributed by atoms with E-state index in [1.807, 2.05) is 61.6 Å². The van der Waals surface area contributed by atoms with Gasteiger partial charge in [0, 0.05) is 42.3 Å². The molecule has 5 nitrogen and oxygen atoms in total. The SMILES string of the molecule is CCC1=CC(c2cc(Oc3cccc(NC(=O)c4cccc(NC)c4)c3)ccn2)=CC(C)C(C)C1. The van der Waals surface area contributed by atoms with Crippen LogP contribution in [-0.4, -0.2) is 17.9 Å². The quantitative estimate of drug-likeness (QED) is 0.376. The molecule has 35 heavy (non-hydrogen) atoms. The molecule has 1 aliphatic carbocycles. The number of allylic oxidation sites excluding steroid dienone is 4. The number of amides is 1. The van der Waals surface area contributed by atoms with Crippen LogP contribution < -0.4 is 15.4 Å². The molecule has 0 saturated heterocycles. The molecule has 1 aromatic heterocycles. The molecule has 2 unspecified atom stereocenters. The summed E-state index contributed by atoms with van der Waals surface area (Å²) >= 11 is 0. The van der Waals surface area contributed by atoms with Crippen molar-refractivity contribution in [1.29, 1.82) is 0 Å². The third-order valence-corrected chi connectivity index (χ3v) is 6.51. The molecule has 5 heteroatoms. The smallest absolute Gasteiger partial charge is 0.255 e. The first-order valence-corrected chi connectivity index (χ1v) is 12.2. The highest BCUT2D eigenvalue weighted by atomic mass is 16.5. The average molecular weight is 468 g/mol. The second-order valence-electron chi connectivity index (χ2n) is 9.11. The van der Waals surface area contributed by atoms with Crippen LogP contribution in [0.15, 0.2) is 84.6 Å². The van der Waals surface area contributed by atoms with Gasteiger partial charge in [-0.05, 0) is 66.6 Å². The van der Waals surface area contributed by atoms with E-state index in [-0.39, 0.29) is 5.91 Å². The van der Waals surface area contributed by atoms with Crippen LogP contribution in [0, 0.1) is 11.8 Å². The standard InChI is InChI=1S/C30H33N3O2/c1-5-22-14-20(2)21(3)15-24(16-22)29-19-28(12-13-32-29)35-27-11-7-10-26(18-27)33-30(34)23-8-6-9-25(17-23)31-4/h6-13,15-21,31H,5,14H2,1-4H3,(H,33,34). The van der Waals surface area contributed by atoms with Crippen LogP contribution in [0.3, 0.4) is 0 Å². The Hall–Kier alpha value is -3.86. The zero-order valence-electron chi connectivity index (χ0n) is 20.8. The van der Waals surface area contributed by atoms with Gasteiger partial charge in [-0.25, -0.2) is 0 Å². The molecule has 0 radical (unpaired) electrons. The number of anilines is 2. The van der Waals surface area contributed by atoms with Crippen molar-refractivity contribution in [2.45, 2.75) is 33.6 Å². The van der Waals surface area contributed by atoms with E-state index in [4.69, 9.17) is 4.74 Å². The van der Waals surface area contributed by atoms with Crippen LogP contribution in [0.25, 0.3) is 5.57 Å². The number of carbonyl (C=O) groups is 1. The summed E-state index contributed by atoms with van der Waals surface area (Å²) in [6, 6.07) is 18.6. The number of nitrogens with one attached hydrogen (secondary N) is 2. The second-order valence-corrected chi connectivity index (χ2v) is 9.11. The van der Waals surface area contributed by atoms with E-state index in [0.717, 1.165) is 29.8 Å². The monoisotopic (exact) mass is 467 g/mol. The van der Waals surface area contributed by atoms with Gasteiger partial charge in [0.05, 0.1) is 5.69 Å². The van der Waals surface area contributed by atoms with E-state index in [9.17, 15) is 4.79 Å². The fourth-order valence-electron chi connectivity index (χ4n) is 4.20. The van der Waals surface area contributed by atoms with Crippen molar-refractivity contribution in [1.82, 2.24) is 4.98 Å². The number of hydrogen-bond acceptors (Lipinski definition) is 4. The first kappa shape index (κ1) is 24.3. The van der Waals surface area contributed by atoms with Crippen LogP contribution in [0.1, 0.15) is 49.7 Å². The lowest BCUT2D eigenvalue weighted by Crippen LogP contribution is -2.12. The lowest BCUT2D eigenvalue weighted by Gasteiger charge is -2.15. The highest BCUT2D eigenvalue weighted by Gasteiger charge is 2.18. The molecule has 4 rings (SSSR count). The van der Waals surface area contributed by atoms with Gasteiger partial charge in [0.1, 0.15) is 11.5 Å². The van der Waals surface area contributed by atoms with Crippen LogP contribution in [0.5, 0.6) is 11.5 Å². The Morgan fingerprint density at radius 3 is 2.60 bits per heavy atom. The first-order valence-electron chi connectivity index (χ1n) is 12.2. The normalized spacial score (nSPS) is 17.6. The number of hydrogen-bond donors (Lipinski definition) is 2. The van der Waals surface area contributed by atoms with Crippen molar-refractivity contribution < 1.29 is 9.53 Å². The fourth-order valence-corrected chi connectivity index (χ4v) is 4.20. The maximum atomic E-state index is 12.7. The summed E-state index contributed by atoms with van der Waals surface area (Å²) in [5.41, 5.74) is 5.64. The highest BCUT2D eigenvalue weighted by Crippen LogP contribution is 2.33. The Balaban J connectivity index is 1.51. The average Bonchev–Trinajstić information content (AvgIpc) is 3.02. The molecule has 2 N–H and O–H groups in total. The van der Waals surface area contributed by atoms with Crippen molar-refractivity contribution in [3.63, 3.8) is 0 Å². The third kappa shape index (κ3) is 6.18. The molecule has 2 atom stereocenters. The van der Waals surface area contributed by atoms with Gasteiger partial charge in [-0.3, -0.25) is 9.78 Å². The van der Waals surface area contributed by atoms with Crippen LogP contribution >= 0.6 is 0 Å². The van der Waals surface area contributed by atoms with E-state index in [0.29, 0.717) is 34.6 Å². The number of rotatable bonds is 7. The van der Waals surface area contributed by atoms with Crippen LogP contribution in [-0.2, 0) is 0 Å². The van der Waals surface area contributed by atoms with Gasteiger partial charge in [-0.15, -0.1) is 0 Å². The number of nitrogens with zero attached hydrogens (tertiary/aromatic N) is 1. The maximum absolute atomic E-state index is 12.7. The molecule has 1 heterocycles. The molecular weight excluding hydrogens is 434 g/mol. The van der Waals surface area contributed by atoms with Gasteiger partial charge in [0.25, 0.3) is 5.91 Å². The highest BCUT2D eigenvalue weighted by molar-refractivity contribution is 6.04. The number of pyridine rings is 1. The minimum atomic E-state index is -0.174. The molecule has 1 aliphatic rings. The molecule has 0 spiro atoms. The lowest BCUT2D eigenvalue weighted by molar-refractivity contribution is 0.102. The summed E-state index contributed by atoms with van der Waals surface area (Å²) in [5.74, 6) is 2.26. The molecule has 2 aromatic carbocycles. The summed E-state index contributed by atoms with van der Waals surface area (Å²) in [4.78, 5) is 17.3. The number of aromatic nitrogens is 1. The predicted octanol–water partition coefficient (Wildman–Crippen LogP) is 7.56. The Labute approximate surface area is 207 Å². The Bertz CT molecular complexity index is 1260. The number of ether oxygens (including phenoxy) is 1. The van der Waals surface area contributed by atoms with E-state index < -0.39 is 0 Å². The summed E-state index contributed by atoms with van der Waals surface area (Å²) < 4.78 is 6.16. The van der Waals surface area contributed by atoms with E-state index in [1.54, 1.807) is 12.3 Å². The zero-order valence-corrected chi connectivity index (χ0v) is 20.8. The molecule has 0 saturated carbocycles. The third-order valence-electron chi connectivity index (χ3n) is 6.51. The summed E-state index contributed by atoms with van der Waals surface area (Å²) in [6.45, 7) is 6.79. The zero-order chi connectivity index (χ0) is 24.8. The van der Waals surface area contributed by atoms with Gasteiger partial charge in [0.15, 0.2) is 0 Å². The van der Waals surface area contributed by atoms with Gasteiger partial charge in [-0.1, -0.05) is 50.6 Å². The summed E-state index contributed by atoms with van der Waals surface area (Å²) in [6.07, 6.45) is 8.54. The van der Waals surface area contributed by atoms with Crippen molar-refractivity contribution in [2.24, 2.45) is 11.8 Å². The first-order chi connectivity index (χ1) is 16.9. The molecule has 3 aromatic rings. The fraction of sp³-hybridized carbons (Fsp3) is 0.267. The second kappa shape index (κ2) is 11.0. The van der Waals surface area contributed by atoms with Crippen molar-refractivity contribution in [2.75, 3.05) is 17.7 Å². The van der Waals surface area contributed by atoms with Crippen molar-refractivity contribution in [3.05, 3.63) is 95.8 Å². The minimum absolute atomic E-state index is 0.174. The molecule has 1 amide bonds. The molecular formula is C30H33N3O2. The van der Waals surface area contributed by atoms with Crippen molar-refractivity contribution >= 4 is 22.9 Å². The molecule has 0 aliphatic heterocycles. The summed E-state index contributed by atoms with van der Waals surface area (Å²) in [7, 11) is 1.83.